The van der Waals surface area contributed by atoms with Crippen LogP contribution in [0.2, 0.25) is 5.02 Å². The molecule has 0 unspecified atom stereocenters. The van der Waals surface area contributed by atoms with Crippen LogP contribution >= 0.6 is 23.4 Å². The van der Waals surface area contributed by atoms with Crippen molar-refractivity contribution in [2.75, 3.05) is 13.1 Å². The highest BCUT2D eigenvalue weighted by Crippen LogP contribution is 2.45. The van der Waals surface area contributed by atoms with Gasteiger partial charge in [0.1, 0.15) is 5.60 Å². The molecule has 3 aliphatic rings. The van der Waals surface area contributed by atoms with E-state index in [-0.39, 0.29) is 11.9 Å². The number of hydrogen-bond donors (Lipinski definition) is 2. The number of halogens is 1. The lowest BCUT2D eigenvalue weighted by Gasteiger charge is -2.40. The molecule has 10 heteroatoms. The van der Waals surface area contributed by atoms with Gasteiger partial charge in [-0.1, -0.05) is 23.7 Å². The standard InChI is InChI=1S/C29H30ClN5O3S/c1-29(2,3)38-28(37)32-21-14-35(15-21)27-33-26(36)25(39-27)23(17-7-9-24-19(10-17)13-31-34-24)11-18-6-8-20(30)12-22(18)16-4-5-16/h6-10,12-13,16,21H,4-5,11,14-15H2,1-3H3,(H,31,34)(H,32,37). The number of amidine groups is 1. The molecule has 3 aromatic rings. The fraction of sp³-hybridized carbons (Fsp3) is 0.379. The third kappa shape index (κ3) is 5.70. The second kappa shape index (κ2) is 10.0. The number of carbonyl (C=O) groups is 2. The average molecular weight is 564 g/mol. The Hall–Kier alpha value is -3.30. The fourth-order valence-electron chi connectivity index (χ4n) is 4.96. The summed E-state index contributed by atoms with van der Waals surface area (Å²) in [6, 6.07) is 12.1. The van der Waals surface area contributed by atoms with E-state index < -0.39 is 11.7 Å². The van der Waals surface area contributed by atoms with Crippen LogP contribution < -0.4 is 5.32 Å². The summed E-state index contributed by atoms with van der Waals surface area (Å²) in [6.07, 6.45) is 4.29. The number of nitrogens with one attached hydrogen (secondary N) is 2. The van der Waals surface area contributed by atoms with E-state index in [1.807, 2.05) is 43.9 Å². The van der Waals surface area contributed by atoms with Crippen molar-refractivity contribution >= 4 is 57.0 Å². The number of rotatable bonds is 5. The number of likely N-dealkylation sites (tertiary alicyclic amines) is 1. The molecule has 202 valence electrons. The van der Waals surface area contributed by atoms with Gasteiger partial charge in [-0.05, 0) is 104 Å². The molecule has 39 heavy (non-hydrogen) atoms. The molecular formula is C29H30ClN5O3S. The van der Waals surface area contributed by atoms with Gasteiger partial charge in [0.05, 0.1) is 22.7 Å². The summed E-state index contributed by atoms with van der Waals surface area (Å²) in [5.41, 5.74) is 4.76. The number of ether oxygens (including phenoxy) is 1. The molecular weight excluding hydrogens is 534 g/mol. The van der Waals surface area contributed by atoms with Gasteiger partial charge >= 0.3 is 6.09 Å². The number of nitrogens with zero attached hydrogens (tertiary/aromatic N) is 3. The van der Waals surface area contributed by atoms with E-state index in [1.165, 1.54) is 22.9 Å². The molecule has 6 rings (SSSR count). The van der Waals surface area contributed by atoms with Gasteiger partial charge in [0.25, 0.3) is 5.91 Å². The molecule has 0 spiro atoms. The van der Waals surface area contributed by atoms with Gasteiger partial charge in [0.15, 0.2) is 5.17 Å². The zero-order chi connectivity index (χ0) is 27.3. The summed E-state index contributed by atoms with van der Waals surface area (Å²) in [5, 5.41) is 12.4. The lowest BCUT2D eigenvalue weighted by atomic mass is 9.92. The summed E-state index contributed by atoms with van der Waals surface area (Å²) in [7, 11) is 0. The second-order valence-electron chi connectivity index (χ2n) is 11.3. The van der Waals surface area contributed by atoms with Gasteiger partial charge in [-0.2, -0.15) is 10.1 Å². The Balaban J connectivity index is 1.26. The van der Waals surface area contributed by atoms with Gasteiger partial charge in [-0.25, -0.2) is 4.79 Å². The van der Waals surface area contributed by atoms with Crippen LogP contribution in [0.1, 0.15) is 56.2 Å². The number of thioether (sulfide) groups is 1. The zero-order valence-corrected chi connectivity index (χ0v) is 23.7. The Labute approximate surface area is 236 Å². The third-order valence-corrected chi connectivity index (χ3v) is 8.41. The van der Waals surface area contributed by atoms with E-state index in [1.54, 1.807) is 6.20 Å². The van der Waals surface area contributed by atoms with Gasteiger partial charge in [0, 0.05) is 23.5 Å². The van der Waals surface area contributed by atoms with E-state index in [4.69, 9.17) is 16.3 Å². The quantitative estimate of drug-likeness (QED) is 0.376. The summed E-state index contributed by atoms with van der Waals surface area (Å²) in [4.78, 5) is 32.5. The van der Waals surface area contributed by atoms with E-state index in [2.05, 4.69) is 38.7 Å². The fourth-order valence-corrected chi connectivity index (χ4v) is 6.17. The Morgan fingerprint density at radius 2 is 2.00 bits per heavy atom. The first-order valence-electron chi connectivity index (χ1n) is 13.1. The number of fused-ring (bicyclic) bond motifs is 1. The second-order valence-corrected chi connectivity index (χ2v) is 12.7. The summed E-state index contributed by atoms with van der Waals surface area (Å²) < 4.78 is 5.36. The van der Waals surface area contributed by atoms with Crippen LogP contribution in [0.25, 0.3) is 16.5 Å². The van der Waals surface area contributed by atoms with E-state index in [0.717, 1.165) is 39.9 Å². The molecule has 1 aromatic heterocycles. The largest absolute Gasteiger partial charge is 0.444 e. The molecule has 3 heterocycles. The van der Waals surface area contributed by atoms with Gasteiger partial charge in [-0.15, -0.1) is 0 Å². The molecule has 1 saturated carbocycles. The van der Waals surface area contributed by atoms with Crippen LogP contribution in [0.3, 0.4) is 0 Å². The molecule has 2 aromatic carbocycles. The smallest absolute Gasteiger partial charge is 0.407 e. The number of H-pyrrole nitrogens is 1. The van der Waals surface area contributed by atoms with Crippen LogP contribution in [-0.4, -0.2) is 57.0 Å². The summed E-state index contributed by atoms with van der Waals surface area (Å²) in [6.45, 7) is 6.66. The number of alkyl carbamates (subject to hydrolysis) is 1. The molecule has 0 radical (unpaired) electrons. The number of allylic oxidation sites excluding steroid dienone is 1. The molecule has 2 aliphatic heterocycles. The number of amides is 2. The molecule has 1 saturated heterocycles. The minimum Gasteiger partial charge on any atom is -0.444 e. The highest BCUT2D eigenvalue weighted by atomic mass is 35.5. The molecule has 8 nitrogen and oxygen atoms in total. The zero-order valence-electron chi connectivity index (χ0n) is 22.1. The van der Waals surface area contributed by atoms with E-state index >= 15 is 0 Å². The number of aromatic amines is 1. The summed E-state index contributed by atoms with van der Waals surface area (Å²) >= 11 is 7.77. The molecule has 0 atom stereocenters. The number of hydrogen-bond acceptors (Lipinski definition) is 6. The van der Waals surface area contributed by atoms with Crippen molar-refractivity contribution in [2.24, 2.45) is 4.99 Å². The minimum absolute atomic E-state index is 0.0515. The first kappa shape index (κ1) is 26.0. The van der Waals surface area contributed by atoms with Crippen molar-refractivity contribution in [1.82, 2.24) is 20.4 Å². The number of carbonyl (C=O) groups excluding carboxylic acids is 2. The monoisotopic (exact) mass is 563 g/mol. The Morgan fingerprint density at radius 3 is 2.74 bits per heavy atom. The first-order valence-corrected chi connectivity index (χ1v) is 14.3. The van der Waals surface area contributed by atoms with Crippen LogP contribution in [0, 0.1) is 0 Å². The first-order chi connectivity index (χ1) is 18.6. The topological polar surface area (TPSA) is 99.7 Å². The SMILES string of the molecule is CC(C)(C)OC(=O)NC1CN(C2=NC(=O)C(=C(Cc3ccc(Cl)cc3C3CC3)c3ccc4[nH]ncc4c3)S2)C1. The molecule has 2 fully saturated rings. The van der Waals surface area contributed by atoms with Crippen LogP contribution in [0.15, 0.2) is 52.5 Å². The number of aromatic nitrogens is 2. The maximum absolute atomic E-state index is 13.3. The molecule has 2 amide bonds. The van der Waals surface area contributed by atoms with Crippen molar-refractivity contribution in [3.8, 4) is 0 Å². The van der Waals surface area contributed by atoms with Gasteiger partial charge in [-0.3, -0.25) is 9.89 Å². The predicted molar refractivity (Wildman–Crippen MR) is 155 cm³/mol. The summed E-state index contributed by atoms with van der Waals surface area (Å²) in [5.74, 6) is 0.290. The van der Waals surface area contributed by atoms with Crippen LogP contribution in [0.4, 0.5) is 4.79 Å². The maximum atomic E-state index is 13.3. The van der Waals surface area contributed by atoms with Crippen molar-refractivity contribution in [1.29, 1.82) is 0 Å². The highest BCUT2D eigenvalue weighted by Gasteiger charge is 2.37. The number of aliphatic imine (C=N–C) groups is 1. The van der Waals surface area contributed by atoms with Crippen molar-refractivity contribution in [2.45, 2.75) is 57.6 Å². The van der Waals surface area contributed by atoms with Crippen molar-refractivity contribution in [3.63, 3.8) is 0 Å². The molecule has 0 bridgehead atoms. The van der Waals surface area contributed by atoms with E-state index in [9.17, 15) is 9.59 Å². The maximum Gasteiger partial charge on any atom is 0.407 e. The van der Waals surface area contributed by atoms with Crippen LogP contribution in [0.5, 0.6) is 0 Å². The average Bonchev–Trinajstić information content (AvgIpc) is 3.47. The molecule has 1 aliphatic carbocycles. The van der Waals surface area contributed by atoms with Crippen molar-refractivity contribution in [3.05, 3.63) is 69.2 Å². The van der Waals surface area contributed by atoms with Crippen LogP contribution in [-0.2, 0) is 16.0 Å². The highest BCUT2D eigenvalue weighted by molar-refractivity contribution is 8.18. The van der Waals surface area contributed by atoms with E-state index in [0.29, 0.717) is 35.5 Å². The van der Waals surface area contributed by atoms with Gasteiger partial charge < -0.3 is 15.0 Å². The lowest BCUT2D eigenvalue weighted by Crippen LogP contribution is -2.60. The Bertz CT molecular complexity index is 1530. The Kier molecular flexibility index (Phi) is 6.67. The number of benzene rings is 2. The minimum atomic E-state index is -0.551. The van der Waals surface area contributed by atoms with Crippen molar-refractivity contribution < 1.29 is 14.3 Å². The normalized spacial score (nSPS) is 19.2. The third-order valence-electron chi connectivity index (χ3n) is 7.01. The van der Waals surface area contributed by atoms with Gasteiger partial charge in [0.2, 0.25) is 0 Å². The predicted octanol–water partition coefficient (Wildman–Crippen LogP) is 5.89. The Morgan fingerprint density at radius 1 is 1.21 bits per heavy atom. The molecule has 2 N–H and O–H groups in total. The lowest BCUT2D eigenvalue weighted by molar-refractivity contribution is -0.113.